The topological polar surface area (TPSA) is 70.8 Å². The van der Waals surface area contributed by atoms with Gasteiger partial charge >= 0.3 is 5.97 Å². The number of furan rings is 1. The van der Waals surface area contributed by atoms with Crippen LogP contribution in [0.25, 0.3) is 0 Å². The SMILES string of the molecule is Cc1ccc(CN2C(=O)Cc3ccc(C(=O)O)cc32)o1. The summed E-state index contributed by atoms with van der Waals surface area (Å²) in [5.41, 5.74) is 1.69. The van der Waals surface area contributed by atoms with E-state index in [0.29, 0.717) is 24.4 Å². The van der Waals surface area contributed by atoms with Gasteiger partial charge in [0, 0.05) is 5.69 Å². The van der Waals surface area contributed by atoms with E-state index < -0.39 is 5.97 Å². The maximum absolute atomic E-state index is 12.1. The molecule has 1 aromatic carbocycles. The van der Waals surface area contributed by atoms with E-state index in [9.17, 15) is 9.59 Å². The van der Waals surface area contributed by atoms with Crippen molar-refractivity contribution in [2.24, 2.45) is 0 Å². The number of carbonyl (C=O) groups excluding carboxylic acids is 1. The number of benzene rings is 1. The molecule has 0 fully saturated rings. The van der Waals surface area contributed by atoms with Crippen LogP contribution in [-0.2, 0) is 17.8 Å². The van der Waals surface area contributed by atoms with Gasteiger partial charge < -0.3 is 14.4 Å². The number of hydrogen-bond donors (Lipinski definition) is 1. The molecule has 1 N–H and O–H groups in total. The van der Waals surface area contributed by atoms with Crippen LogP contribution in [0.3, 0.4) is 0 Å². The van der Waals surface area contributed by atoms with Gasteiger partial charge in [-0.2, -0.15) is 0 Å². The normalized spacial score (nSPS) is 13.7. The summed E-state index contributed by atoms with van der Waals surface area (Å²) in [5, 5.41) is 9.04. The molecule has 2 heterocycles. The second kappa shape index (κ2) is 4.52. The largest absolute Gasteiger partial charge is 0.478 e. The number of aryl methyl sites for hydroxylation is 1. The number of nitrogens with zero attached hydrogens (tertiary/aromatic N) is 1. The first-order valence-electron chi connectivity index (χ1n) is 6.26. The molecule has 0 atom stereocenters. The fourth-order valence-electron chi connectivity index (χ4n) is 2.39. The fourth-order valence-corrected chi connectivity index (χ4v) is 2.39. The van der Waals surface area contributed by atoms with Gasteiger partial charge in [-0.1, -0.05) is 6.07 Å². The van der Waals surface area contributed by atoms with Gasteiger partial charge in [-0.3, -0.25) is 4.79 Å². The molecule has 3 rings (SSSR count). The Labute approximate surface area is 115 Å². The maximum Gasteiger partial charge on any atom is 0.335 e. The summed E-state index contributed by atoms with van der Waals surface area (Å²) in [6, 6.07) is 8.42. The number of carbonyl (C=O) groups is 2. The van der Waals surface area contributed by atoms with Crippen molar-refractivity contribution < 1.29 is 19.1 Å². The Morgan fingerprint density at radius 3 is 2.80 bits per heavy atom. The maximum atomic E-state index is 12.1. The third kappa shape index (κ3) is 2.07. The minimum Gasteiger partial charge on any atom is -0.478 e. The number of rotatable bonds is 3. The lowest BCUT2D eigenvalue weighted by Crippen LogP contribution is -2.25. The molecule has 0 radical (unpaired) electrons. The minimum atomic E-state index is -0.999. The highest BCUT2D eigenvalue weighted by atomic mass is 16.4. The zero-order valence-corrected chi connectivity index (χ0v) is 10.9. The van der Waals surface area contributed by atoms with Crippen molar-refractivity contribution in [2.45, 2.75) is 19.9 Å². The van der Waals surface area contributed by atoms with Gasteiger partial charge in [-0.05, 0) is 36.8 Å². The van der Waals surface area contributed by atoms with E-state index in [1.54, 1.807) is 17.0 Å². The van der Waals surface area contributed by atoms with E-state index >= 15 is 0 Å². The van der Waals surface area contributed by atoms with Gasteiger partial charge in [0.1, 0.15) is 11.5 Å². The molecule has 20 heavy (non-hydrogen) atoms. The molecular formula is C15H13NO4. The highest BCUT2D eigenvalue weighted by Crippen LogP contribution is 2.31. The minimum absolute atomic E-state index is 0.0448. The molecule has 0 saturated carbocycles. The molecule has 0 saturated heterocycles. The van der Waals surface area contributed by atoms with Crippen LogP contribution in [0.5, 0.6) is 0 Å². The zero-order valence-electron chi connectivity index (χ0n) is 10.9. The third-order valence-electron chi connectivity index (χ3n) is 3.38. The summed E-state index contributed by atoms with van der Waals surface area (Å²) in [6.07, 6.45) is 0.301. The molecular weight excluding hydrogens is 258 g/mol. The number of carboxylic acids is 1. The number of hydrogen-bond acceptors (Lipinski definition) is 3. The molecule has 5 nitrogen and oxygen atoms in total. The lowest BCUT2D eigenvalue weighted by Gasteiger charge is -2.16. The van der Waals surface area contributed by atoms with Crippen LogP contribution in [0.15, 0.2) is 34.7 Å². The molecule has 1 aliphatic rings. The van der Waals surface area contributed by atoms with Crippen LogP contribution in [0.2, 0.25) is 0 Å². The summed E-state index contributed by atoms with van der Waals surface area (Å²) in [6.45, 7) is 2.16. The smallest absolute Gasteiger partial charge is 0.335 e. The molecule has 5 heteroatoms. The van der Waals surface area contributed by atoms with Crippen LogP contribution in [-0.4, -0.2) is 17.0 Å². The number of anilines is 1. The van der Waals surface area contributed by atoms with Crippen molar-refractivity contribution in [3.05, 3.63) is 53.0 Å². The van der Waals surface area contributed by atoms with Gasteiger partial charge in [0.25, 0.3) is 0 Å². The van der Waals surface area contributed by atoms with E-state index in [1.807, 2.05) is 19.1 Å². The Bertz CT molecular complexity index is 702. The quantitative estimate of drug-likeness (QED) is 0.930. The average molecular weight is 271 g/mol. The summed E-state index contributed by atoms with van der Waals surface area (Å²) in [4.78, 5) is 24.7. The lowest BCUT2D eigenvalue weighted by molar-refractivity contribution is -0.117. The Morgan fingerprint density at radius 1 is 1.35 bits per heavy atom. The molecule has 2 aromatic rings. The second-order valence-electron chi connectivity index (χ2n) is 4.82. The second-order valence-corrected chi connectivity index (χ2v) is 4.82. The molecule has 1 aromatic heterocycles. The highest BCUT2D eigenvalue weighted by Gasteiger charge is 2.28. The molecule has 1 amide bonds. The molecule has 0 spiro atoms. The predicted octanol–water partition coefficient (Wildman–Crippen LogP) is 2.38. The third-order valence-corrected chi connectivity index (χ3v) is 3.38. The van der Waals surface area contributed by atoms with E-state index in [4.69, 9.17) is 9.52 Å². The van der Waals surface area contributed by atoms with Crippen LogP contribution in [0.1, 0.15) is 27.4 Å². The van der Waals surface area contributed by atoms with Gasteiger partial charge in [0.2, 0.25) is 5.91 Å². The number of aromatic carboxylic acids is 1. The van der Waals surface area contributed by atoms with Crippen molar-refractivity contribution >= 4 is 17.6 Å². The van der Waals surface area contributed by atoms with E-state index in [0.717, 1.165) is 11.3 Å². The van der Waals surface area contributed by atoms with Crippen LogP contribution in [0, 0.1) is 6.92 Å². The first-order valence-corrected chi connectivity index (χ1v) is 6.26. The number of amides is 1. The highest BCUT2D eigenvalue weighted by molar-refractivity contribution is 6.02. The Morgan fingerprint density at radius 2 is 2.15 bits per heavy atom. The molecule has 102 valence electrons. The standard InChI is InChI=1S/C15H13NO4/c1-9-2-5-12(20-9)8-16-13-6-11(15(18)19)4-3-10(13)7-14(16)17/h2-6H,7-8H2,1H3,(H,18,19). The fraction of sp³-hybridized carbons (Fsp3) is 0.200. The Balaban J connectivity index is 1.95. The van der Waals surface area contributed by atoms with Crippen molar-refractivity contribution in [3.63, 3.8) is 0 Å². The lowest BCUT2D eigenvalue weighted by atomic mass is 10.1. The monoisotopic (exact) mass is 271 g/mol. The van der Waals surface area contributed by atoms with E-state index in [2.05, 4.69) is 0 Å². The first kappa shape index (κ1) is 12.5. The number of carboxylic acid groups (broad SMARTS) is 1. The summed E-state index contributed by atoms with van der Waals surface area (Å²) < 4.78 is 5.48. The Hall–Kier alpha value is -2.56. The van der Waals surface area contributed by atoms with Crippen molar-refractivity contribution in [1.82, 2.24) is 0 Å². The van der Waals surface area contributed by atoms with Crippen LogP contribution in [0.4, 0.5) is 5.69 Å². The van der Waals surface area contributed by atoms with Gasteiger partial charge in [-0.15, -0.1) is 0 Å². The summed E-state index contributed by atoms with van der Waals surface area (Å²) in [7, 11) is 0. The van der Waals surface area contributed by atoms with Crippen LogP contribution < -0.4 is 4.90 Å². The summed E-state index contributed by atoms with van der Waals surface area (Å²) >= 11 is 0. The van der Waals surface area contributed by atoms with Crippen LogP contribution >= 0.6 is 0 Å². The van der Waals surface area contributed by atoms with Gasteiger partial charge in [0.15, 0.2) is 0 Å². The first-order chi connectivity index (χ1) is 9.54. The molecule has 0 aliphatic carbocycles. The van der Waals surface area contributed by atoms with E-state index in [-0.39, 0.29) is 11.5 Å². The van der Waals surface area contributed by atoms with Gasteiger partial charge in [-0.25, -0.2) is 4.79 Å². The number of fused-ring (bicyclic) bond motifs is 1. The predicted molar refractivity (Wildman–Crippen MR) is 71.7 cm³/mol. The zero-order chi connectivity index (χ0) is 14.3. The van der Waals surface area contributed by atoms with E-state index in [1.165, 1.54) is 6.07 Å². The average Bonchev–Trinajstić information content (AvgIpc) is 2.94. The summed E-state index contributed by atoms with van der Waals surface area (Å²) in [5.74, 6) is 0.424. The van der Waals surface area contributed by atoms with Gasteiger partial charge in [0.05, 0.1) is 18.5 Å². The van der Waals surface area contributed by atoms with Crippen molar-refractivity contribution in [3.8, 4) is 0 Å². The van der Waals surface area contributed by atoms with Crippen molar-refractivity contribution in [1.29, 1.82) is 0 Å². The molecule has 0 unspecified atom stereocenters. The molecule has 1 aliphatic heterocycles. The van der Waals surface area contributed by atoms with Crippen molar-refractivity contribution in [2.75, 3.05) is 4.90 Å². The molecule has 0 bridgehead atoms. The Kier molecular flexibility index (Phi) is 2.82.